The predicted molar refractivity (Wildman–Crippen MR) is 114 cm³/mol. The van der Waals surface area contributed by atoms with Gasteiger partial charge in [0.15, 0.2) is 0 Å². The number of nitrogens with zero attached hydrogens (tertiary/aromatic N) is 3. The lowest BCUT2D eigenvalue weighted by atomic mass is 10.1. The normalized spacial score (nSPS) is 14.1. The lowest BCUT2D eigenvalue weighted by Crippen LogP contribution is -2.50. The first-order valence-corrected chi connectivity index (χ1v) is 9.95. The molecule has 0 N–H and O–H groups in total. The minimum absolute atomic E-state index is 0.0772. The Hall–Kier alpha value is -2.82. The number of anilines is 2. The van der Waals surface area contributed by atoms with Gasteiger partial charge in [-0.05, 0) is 50.1 Å². The Kier molecular flexibility index (Phi) is 6.34. The van der Waals surface area contributed by atoms with Crippen molar-refractivity contribution in [1.82, 2.24) is 4.90 Å². The summed E-state index contributed by atoms with van der Waals surface area (Å²) < 4.78 is 0. The smallest absolute Gasteiger partial charge is 0.236 e. The number of para-hydroxylation sites is 1. The number of hydrogen-bond acceptors (Lipinski definition) is 3. The van der Waals surface area contributed by atoms with Gasteiger partial charge in [-0.15, -0.1) is 0 Å². The molecule has 0 aromatic heterocycles. The molecule has 5 nitrogen and oxygen atoms in total. The first-order chi connectivity index (χ1) is 13.5. The fourth-order valence-electron chi connectivity index (χ4n) is 3.72. The predicted octanol–water partition coefficient (Wildman–Crippen LogP) is 3.40. The highest BCUT2D eigenvalue weighted by Gasteiger charge is 2.25. The number of rotatable bonds is 5. The molecule has 2 aromatic carbocycles. The average Bonchev–Trinajstić information content (AvgIpc) is 2.71. The highest BCUT2D eigenvalue weighted by Crippen LogP contribution is 2.24. The SMILES string of the molecule is CCN(C(=O)CC(=O)N1CCN(c2cccc(C)c2C)CC1)c1ccccc1. The highest BCUT2D eigenvalue weighted by molar-refractivity contribution is 6.05. The number of carbonyl (C=O) groups is 2. The molecule has 1 saturated heterocycles. The number of piperazine rings is 1. The van der Waals surface area contributed by atoms with Gasteiger partial charge in [0.1, 0.15) is 6.42 Å². The summed E-state index contributed by atoms with van der Waals surface area (Å²) >= 11 is 0. The maximum atomic E-state index is 12.7. The largest absolute Gasteiger partial charge is 0.368 e. The summed E-state index contributed by atoms with van der Waals surface area (Å²) in [6, 6.07) is 15.9. The van der Waals surface area contributed by atoms with Crippen molar-refractivity contribution in [2.45, 2.75) is 27.2 Å². The molecule has 0 atom stereocenters. The minimum atomic E-state index is -0.143. The van der Waals surface area contributed by atoms with Gasteiger partial charge < -0.3 is 14.7 Å². The molecule has 1 aliphatic rings. The van der Waals surface area contributed by atoms with Gasteiger partial charge >= 0.3 is 0 Å². The average molecular weight is 380 g/mol. The first-order valence-electron chi connectivity index (χ1n) is 9.95. The molecule has 0 saturated carbocycles. The van der Waals surface area contributed by atoms with Crippen LogP contribution in [0, 0.1) is 13.8 Å². The second-order valence-electron chi connectivity index (χ2n) is 7.24. The van der Waals surface area contributed by atoms with E-state index in [4.69, 9.17) is 0 Å². The van der Waals surface area contributed by atoms with Gasteiger partial charge in [0, 0.05) is 44.1 Å². The van der Waals surface area contributed by atoms with Gasteiger partial charge in [-0.25, -0.2) is 0 Å². The fourth-order valence-corrected chi connectivity index (χ4v) is 3.72. The molecule has 1 aliphatic heterocycles. The first kappa shape index (κ1) is 19.9. The molecule has 2 amide bonds. The Balaban J connectivity index is 1.58. The summed E-state index contributed by atoms with van der Waals surface area (Å²) in [5.74, 6) is -0.226. The van der Waals surface area contributed by atoms with Gasteiger partial charge in [0.25, 0.3) is 0 Å². The molecule has 3 rings (SSSR count). The van der Waals surface area contributed by atoms with Crippen molar-refractivity contribution in [3.05, 3.63) is 59.7 Å². The Labute approximate surface area is 167 Å². The van der Waals surface area contributed by atoms with Crippen molar-refractivity contribution in [3.63, 3.8) is 0 Å². The van der Waals surface area contributed by atoms with Crippen LogP contribution in [0.4, 0.5) is 11.4 Å². The molecule has 28 heavy (non-hydrogen) atoms. The molecule has 0 radical (unpaired) electrons. The van der Waals surface area contributed by atoms with E-state index in [1.54, 1.807) is 4.90 Å². The van der Waals surface area contributed by atoms with E-state index in [1.807, 2.05) is 42.2 Å². The zero-order valence-corrected chi connectivity index (χ0v) is 17.0. The molecule has 0 unspecified atom stereocenters. The van der Waals surface area contributed by atoms with Crippen LogP contribution in [0.3, 0.4) is 0 Å². The monoisotopic (exact) mass is 379 g/mol. The molecule has 0 spiro atoms. The summed E-state index contributed by atoms with van der Waals surface area (Å²) in [6.45, 7) is 9.63. The van der Waals surface area contributed by atoms with E-state index in [0.717, 1.165) is 18.8 Å². The van der Waals surface area contributed by atoms with E-state index in [-0.39, 0.29) is 18.2 Å². The third kappa shape index (κ3) is 4.35. The van der Waals surface area contributed by atoms with Crippen molar-refractivity contribution < 1.29 is 9.59 Å². The number of benzene rings is 2. The number of hydrogen-bond donors (Lipinski definition) is 0. The molecule has 2 aromatic rings. The van der Waals surface area contributed by atoms with Crippen LogP contribution >= 0.6 is 0 Å². The second kappa shape index (κ2) is 8.91. The quantitative estimate of drug-likeness (QED) is 0.748. The van der Waals surface area contributed by atoms with Crippen LogP contribution in [0.5, 0.6) is 0 Å². The van der Waals surface area contributed by atoms with Gasteiger partial charge in [-0.1, -0.05) is 30.3 Å². The number of carbonyl (C=O) groups excluding carboxylic acids is 2. The van der Waals surface area contributed by atoms with E-state index < -0.39 is 0 Å². The Morgan fingerprint density at radius 2 is 1.61 bits per heavy atom. The third-order valence-electron chi connectivity index (χ3n) is 5.54. The minimum Gasteiger partial charge on any atom is -0.368 e. The topological polar surface area (TPSA) is 43.9 Å². The van der Waals surface area contributed by atoms with E-state index in [1.165, 1.54) is 16.8 Å². The summed E-state index contributed by atoms with van der Waals surface area (Å²) in [5, 5.41) is 0. The maximum absolute atomic E-state index is 12.7. The van der Waals surface area contributed by atoms with Crippen LogP contribution in [-0.2, 0) is 9.59 Å². The van der Waals surface area contributed by atoms with Crippen molar-refractivity contribution in [2.24, 2.45) is 0 Å². The number of amides is 2. The zero-order valence-electron chi connectivity index (χ0n) is 17.0. The maximum Gasteiger partial charge on any atom is 0.236 e. The van der Waals surface area contributed by atoms with Gasteiger partial charge in [0.2, 0.25) is 11.8 Å². The van der Waals surface area contributed by atoms with Crippen LogP contribution in [0.1, 0.15) is 24.5 Å². The van der Waals surface area contributed by atoms with E-state index in [9.17, 15) is 9.59 Å². The van der Waals surface area contributed by atoms with Crippen LogP contribution < -0.4 is 9.80 Å². The van der Waals surface area contributed by atoms with Crippen LogP contribution in [-0.4, -0.2) is 49.4 Å². The van der Waals surface area contributed by atoms with Crippen LogP contribution in [0.15, 0.2) is 48.5 Å². The fraction of sp³-hybridized carbons (Fsp3) is 0.391. The van der Waals surface area contributed by atoms with Crippen LogP contribution in [0.2, 0.25) is 0 Å². The molecule has 1 heterocycles. The Morgan fingerprint density at radius 1 is 0.929 bits per heavy atom. The summed E-state index contributed by atoms with van der Waals surface area (Å²) in [7, 11) is 0. The molecule has 0 bridgehead atoms. The molecule has 0 aliphatic carbocycles. The van der Waals surface area contributed by atoms with Gasteiger partial charge in [-0.2, -0.15) is 0 Å². The van der Waals surface area contributed by atoms with E-state index in [0.29, 0.717) is 19.6 Å². The molecule has 148 valence electrons. The zero-order chi connectivity index (χ0) is 20.1. The number of aryl methyl sites for hydroxylation is 1. The van der Waals surface area contributed by atoms with Gasteiger partial charge in [-0.3, -0.25) is 9.59 Å². The Morgan fingerprint density at radius 3 is 2.25 bits per heavy atom. The van der Waals surface area contributed by atoms with Crippen LogP contribution in [0.25, 0.3) is 0 Å². The van der Waals surface area contributed by atoms with Crippen molar-refractivity contribution in [3.8, 4) is 0 Å². The van der Waals surface area contributed by atoms with Crippen molar-refractivity contribution in [1.29, 1.82) is 0 Å². The molecule has 5 heteroatoms. The molecular weight excluding hydrogens is 350 g/mol. The van der Waals surface area contributed by atoms with Crippen molar-refractivity contribution in [2.75, 3.05) is 42.5 Å². The third-order valence-corrected chi connectivity index (χ3v) is 5.54. The van der Waals surface area contributed by atoms with Gasteiger partial charge in [0.05, 0.1) is 0 Å². The molecule has 1 fully saturated rings. The standard InChI is InChI=1S/C23H29N3O2/c1-4-26(20-10-6-5-7-11-20)23(28)17-22(27)25-15-13-24(14-16-25)21-12-8-9-18(2)19(21)3/h5-12H,4,13-17H2,1-3H3. The second-order valence-corrected chi connectivity index (χ2v) is 7.24. The summed E-state index contributed by atoms with van der Waals surface area (Å²) in [6.07, 6.45) is -0.0772. The highest BCUT2D eigenvalue weighted by atomic mass is 16.2. The lowest BCUT2D eigenvalue weighted by molar-refractivity contribution is -0.135. The van der Waals surface area contributed by atoms with E-state index in [2.05, 4.69) is 36.9 Å². The summed E-state index contributed by atoms with van der Waals surface area (Å²) in [5.41, 5.74) is 4.65. The van der Waals surface area contributed by atoms with E-state index >= 15 is 0 Å². The molecular formula is C23H29N3O2. The van der Waals surface area contributed by atoms with Crippen molar-refractivity contribution >= 4 is 23.2 Å². The summed E-state index contributed by atoms with van der Waals surface area (Å²) in [4.78, 5) is 31.2. The Bertz CT molecular complexity index is 827. The lowest BCUT2D eigenvalue weighted by Gasteiger charge is -2.37.